The van der Waals surface area contributed by atoms with E-state index in [0.29, 0.717) is 11.8 Å². The van der Waals surface area contributed by atoms with Crippen molar-refractivity contribution in [3.05, 3.63) is 0 Å². The van der Waals surface area contributed by atoms with Crippen LogP contribution in [-0.2, 0) is 9.84 Å². The summed E-state index contributed by atoms with van der Waals surface area (Å²) in [5.74, 6) is 0.299. The maximum atomic E-state index is 11.0. The molecule has 0 aliphatic rings. The van der Waals surface area contributed by atoms with Gasteiger partial charge in [-0.2, -0.15) is 0 Å². The molecule has 1 atom stereocenters. The van der Waals surface area contributed by atoms with E-state index in [1.807, 2.05) is 7.05 Å². The van der Waals surface area contributed by atoms with Crippen LogP contribution in [0.2, 0.25) is 0 Å². The molecule has 0 spiro atoms. The molecule has 0 saturated carbocycles. The van der Waals surface area contributed by atoms with Crippen molar-refractivity contribution >= 4 is 9.84 Å². The summed E-state index contributed by atoms with van der Waals surface area (Å²) in [5.41, 5.74) is 0. The fraction of sp³-hybridized carbons (Fsp3) is 1.00. The Bertz CT molecular complexity index is 250. The number of sulfone groups is 1. The second-order valence-electron chi connectivity index (χ2n) is 4.61. The second kappa shape index (κ2) is 8.99. The zero-order chi connectivity index (χ0) is 12.4. The van der Waals surface area contributed by atoms with E-state index in [-0.39, 0.29) is 0 Å². The van der Waals surface area contributed by atoms with E-state index in [2.05, 4.69) is 12.2 Å². The summed E-state index contributed by atoms with van der Waals surface area (Å²) in [5, 5.41) is 3.20. The van der Waals surface area contributed by atoms with Crippen LogP contribution in [0.3, 0.4) is 0 Å². The van der Waals surface area contributed by atoms with Crippen molar-refractivity contribution in [1.82, 2.24) is 5.32 Å². The fourth-order valence-corrected chi connectivity index (χ4v) is 2.50. The average Bonchev–Trinajstić information content (AvgIpc) is 2.21. The Morgan fingerprint density at radius 1 is 1.06 bits per heavy atom. The third-order valence-corrected chi connectivity index (χ3v) is 3.88. The van der Waals surface area contributed by atoms with E-state index in [0.717, 1.165) is 12.8 Å². The van der Waals surface area contributed by atoms with Gasteiger partial charge in [0.15, 0.2) is 0 Å². The Hall–Kier alpha value is -0.0900. The number of nitrogens with one attached hydrogen (secondary N) is 1. The molecular formula is C12H27NO2S. The lowest BCUT2D eigenvalue weighted by molar-refractivity contribution is 0.472. The predicted molar refractivity (Wildman–Crippen MR) is 70.6 cm³/mol. The summed E-state index contributed by atoms with van der Waals surface area (Å²) in [6.45, 7) is 2.21. The third-order valence-electron chi connectivity index (χ3n) is 2.90. The lowest BCUT2D eigenvalue weighted by atomic mass is 10.0. The van der Waals surface area contributed by atoms with Crippen molar-refractivity contribution < 1.29 is 8.42 Å². The van der Waals surface area contributed by atoms with Crippen LogP contribution in [0.15, 0.2) is 0 Å². The average molecular weight is 249 g/mol. The molecule has 1 N–H and O–H groups in total. The summed E-state index contributed by atoms with van der Waals surface area (Å²) in [6.07, 6.45) is 9.50. The Labute approximate surface area is 101 Å². The van der Waals surface area contributed by atoms with Gasteiger partial charge in [0.05, 0.1) is 5.75 Å². The Balaban J connectivity index is 3.59. The van der Waals surface area contributed by atoms with Crippen LogP contribution in [0.1, 0.15) is 51.9 Å². The van der Waals surface area contributed by atoms with Gasteiger partial charge in [0, 0.05) is 12.3 Å². The summed E-state index contributed by atoms with van der Waals surface area (Å²) in [6, 6.07) is 0.358. The number of rotatable bonds is 10. The van der Waals surface area contributed by atoms with E-state index >= 15 is 0 Å². The molecule has 4 heteroatoms. The van der Waals surface area contributed by atoms with Gasteiger partial charge >= 0.3 is 0 Å². The fourth-order valence-electron chi connectivity index (χ4n) is 1.78. The van der Waals surface area contributed by atoms with Gasteiger partial charge in [-0.05, 0) is 19.9 Å². The zero-order valence-electron chi connectivity index (χ0n) is 11.0. The van der Waals surface area contributed by atoms with E-state index < -0.39 is 9.84 Å². The Morgan fingerprint density at radius 3 is 2.19 bits per heavy atom. The first-order chi connectivity index (χ1) is 7.49. The summed E-state index contributed by atoms with van der Waals surface area (Å²) < 4.78 is 22.1. The second-order valence-corrected chi connectivity index (χ2v) is 6.87. The lowest BCUT2D eigenvalue weighted by Crippen LogP contribution is -2.27. The van der Waals surface area contributed by atoms with Crippen LogP contribution in [0.5, 0.6) is 0 Å². The highest BCUT2D eigenvalue weighted by atomic mass is 32.2. The molecule has 0 aliphatic heterocycles. The lowest BCUT2D eigenvalue weighted by Gasteiger charge is -2.15. The number of hydrogen-bond donors (Lipinski definition) is 1. The summed E-state index contributed by atoms with van der Waals surface area (Å²) in [4.78, 5) is 0. The minimum absolute atomic E-state index is 0.299. The molecule has 0 heterocycles. The topological polar surface area (TPSA) is 46.2 Å². The number of unbranched alkanes of at least 4 members (excludes halogenated alkanes) is 4. The van der Waals surface area contributed by atoms with Crippen LogP contribution in [0.25, 0.3) is 0 Å². The SMILES string of the molecule is CCCCCCCC(CCS(C)(=O)=O)NC. The van der Waals surface area contributed by atoms with Crippen molar-refractivity contribution in [2.75, 3.05) is 19.1 Å². The van der Waals surface area contributed by atoms with Crippen LogP contribution in [0.4, 0.5) is 0 Å². The normalized spacial score (nSPS) is 13.9. The first kappa shape index (κ1) is 15.9. The largest absolute Gasteiger partial charge is 0.317 e. The van der Waals surface area contributed by atoms with Crippen LogP contribution in [-0.4, -0.2) is 33.5 Å². The first-order valence-electron chi connectivity index (χ1n) is 6.34. The maximum Gasteiger partial charge on any atom is 0.147 e. The van der Waals surface area contributed by atoms with Gasteiger partial charge in [-0.1, -0.05) is 39.0 Å². The zero-order valence-corrected chi connectivity index (χ0v) is 11.8. The van der Waals surface area contributed by atoms with Crippen LogP contribution >= 0.6 is 0 Å². The molecule has 0 rings (SSSR count). The van der Waals surface area contributed by atoms with Gasteiger partial charge in [0.1, 0.15) is 9.84 Å². The monoisotopic (exact) mass is 249 g/mol. The molecule has 0 saturated heterocycles. The smallest absolute Gasteiger partial charge is 0.147 e. The highest BCUT2D eigenvalue weighted by Crippen LogP contribution is 2.09. The van der Waals surface area contributed by atoms with Crippen LogP contribution < -0.4 is 5.32 Å². The molecule has 0 aliphatic carbocycles. The van der Waals surface area contributed by atoms with Gasteiger partial charge in [-0.25, -0.2) is 8.42 Å². The molecule has 1 unspecified atom stereocenters. The molecule has 3 nitrogen and oxygen atoms in total. The highest BCUT2D eigenvalue weighted by Gasteiger charge is 2.09. The van der Waals surface area contributed by atoms with E-state index in [4.69, 9.17) is 0 Å². The molecule has 0 bridgehead atoms. The molecule has 16 heavy (non-hydrogen) atoms. The molecule has 0 aromatic heterocycles. The van der Waals surface area contributed by atoms with Crippen molar-refractivity contribution in [3.8, 4) is 0 Å². The molecule has 98 valence electrons. The van der Waals surface area contributed by atoms with E-state index in [1.54, 1.807) is 0 Å². The van der Waals surface area contributed by atoms with Crippen molar-refractivity contribution in [2.45, 2.75) is 57.9 Å². The highest BCUT2D eigenvalue weighted by molar-refractivity contribution is 7.90. The molecular weight excluding hydrogens is 222 g/mol. The van der Waals surface area contributed by atoms with Gasteiger partial charge in [-0.15, -0.1) is 0 Å². The van der Waals surface area contributed by atoms with E-state index in [9.17, 15) is 8.42 Å². The molecule has 0 amide bonds. The summed E-state index contributed by atoms with van der Waals surface area (Å²) >= 11 is 0. The minimum Gasteiger partial charge on any atom is -0.317 e. The molecule has 0 radical (unpaired) electrons. The van der Waals surface area contributed by atoms with Crippen molar-refractivity contribution in [2.24, 2.45) is 0 Å². The molecule has 0 aromatic rings. The number of hydrogen-bond acceptors (Lipinski definition) is 3. The Morgan fingerprint density at radius 2 is 1.69 bits per heavy atom. The maximum absolute atomic E-state index is 11.0. The van der Waals surface area contributed by atoms with Crippen molar-refractivity contribution in [1.29, 1.82) is 0 Å². The van der Waals surface area contributed by atoms with Gasteiger partial charge in [0.2, 0.25) is 0 Å². The van der Waals surface area contributed by atoms with Gasteiger partial charge in [0.25, 0.3) is 0 Å². The van der Waals surface area contributed by atoms with E-state index in [1.165, 1.54) is 38.4 Å². The summed E-state index contributed by atoms with van der Waals surface area (Å²) in [7, 11) is -0.893. The van der Waals surface area contributed by atoms with Crippen molar-refractivity contribution in [3.63, 3.8) is 0 Å². The first-order valence-corrected chi connectivity index (χ1v) is 8.40. The third kappa shape index (κ3) is 10.4. The minimum atomic E-state index is -2.81. The van der Waals surface area contributed by atoms with Crippen LogP contribution in [0, 0.1) is 0 Å². The van der Waals surface area contributed by atoms with Gasteiger partial charge < -0.3 is 5.32 Å². The standard InChI is InChI=1S/C12H27NO2S/c1-4-5-6-7-8-9-12(13-2)10-11-16(3,14)15/h12-13H,4-11H2,1-3H3. The Kier molecular flexibility index (Phi) is 8.94. The predicted octanol–water partition coefficient (Wildman–Crippen LogP) is 2.37. The quantitative estimate of drug-likeness (QED) is 0.605. The van der Waals surface area contributed by atoms with Gasteiger partial charge in [-0.3, -0.25) is 0 Å². The molecule has 0 fully saturated rings. The molecule has 0 aromatic carbocycles.